The molecule has 0 spiro atoms. The molecule has 1 aromatic heterocycles. The summed E-state index contributed by atoms with van der Waals surface area (Å²) in [5, 5.41) is 1.49. The molecule has 0 saturated carbocycles. The molecule has 0 bridgehead atoms. The molecule has 0 radical (unpaired) electrons. The molecule has 1 fully saturated rings. The largest absolute Gasteiger partial charge is 0.356 e. The van der Waals surface area contributed by atoms with Crippen molar-refractivity contribution in [2.24, 2.45) is 0 Å². The first kappa shape index (κ1) is 15.5. The average molecular weight is 366 g/mol. The fourth-order valence-electron chi connectivity index (χ4n) is 4.24. The summed E-state index contributed by atoms with van der Waals surface area (Å²) >= 11 is 6.27. The van der Waals surface area contributed by atoms with Crippen LogP contribution in [0.25, 0.3) is 10.9 Å². The van der Waals surface area contributed by atoms with Gasteiger partial charge < -0.3 is 9.88 Å². The number of H-pyrrole nitrogens is 1. The number of halogens is 1. The minimum Gasteiger partial charge on any atom is -0.356 e. The number of carbonyl (C=O) groups is 2. The molecule has 26 heavy (non-hydrogen) atoms. The van der Waals surface area contributed by atoms with Crippen molar-refractivity contribution in [1.29, 1.82) is 0 Å². The van der Waals surface area contributed by atoms with Gasteiger partial charge in [0, 0.05) is 17.4 Å². The molecule has 2 aliphatic rings. The second-order valence-corrected chi connectivity index (χ2v) is 7.28. The number of nitrogens with zero attached hydrogens (tertiary/aromatic N) is 2. The summed E-state index contributed by atoms with van der Waals surface area (Å²) in [6.07, 6.45) is 0.713. The second kappa shape index (κ2) is 5.11. The molecular weight excluding hydrogens is 350 g/mol. The van der Waals surface area contributed by atoms with Crippen molar-refractivity contribution in [3.63, 3.8) is 0 Å². The van der Waals surface area contributed by atoms with E-state index < -0.39 is 5.54 Å². The number of imide groups is 1. The van der Waals surface area contributed by atoms with Gasteiger partial charge in [0.25, 0.3) is 5.91 Å². The van der Waals surface area contributed by atoms with Crippen LogP contribution in [0.4, 0.5) is 10.5 Å². The van der Waals surface area contributed by atoms with Crippen molar-refractivity contribution < 1.29 is 9.59 Å². The number of amides is 3. The fraction of sp³-hybridized carbons (Fsp3) is 0.200. The summed E-state index contributed by atoms with van der Waals surface area (Å²) in [5.74, 6) is -0.275. The Labute approximate surface area is 155 Å². The molecule has 5 nitrogen and oxygen atoms in total. The third kappa shape index (κ3) is 1.76. The number of anilines is 1. The Bertz CT molecular complexity index is 1090. The van der Waals surface area contributed by atoms with E-state index in [1.165, 1.54) is 4.90 Å². The van der Waals surface area contributed by atoms with Crippen LogP contribution in [0.15, 0.2) is 48.5 Å². The fourth-order valence-corrected chi connectivity index (χ4v) is 4.46. The Morgan fingerprint density at radius 1 is 1.08 bits per heavy atom. The van der Waals surface area contributed by atoms with Gasteiger partial charge in [-0.15, -0.1) is 0 Å². The van der Waals surface area contributed by atoms with E-state index in [0.717, 1.165) is 22.2 Å². The molecule has 1 atom stereocenters. The number of carbonyl (C=O) groups excluding carboxylic acids is 2. The second-order valence-electron chi connectivity index (χ2n) is 6.87. The summed E-state index contributed by atoms with van der Waals surface area (Å²) in [7, 11) is 0. The van der Waals surface area contributed by atoms with E-state index in [4.69, 9.17) is 11.6 Å². The maximum Gasteiger partial charge on any atom is 0.332 e. The quantitative estimate of drug-likeness (QED) is 0.661. The van der Waals surface area contributed by atoms with Crippen molar-refractivity contribution in [3.8, 4) is 0 Å². The van der Waals surface area contributed by atoms with Gasteiger partial charge in [0.1, 0.15) is 0 Å². The maximum absolute atomic E-state index is 13.4. The predicted molar refractivity (Wildman–Crippen MR) is 100 cm³/mol. The smallest absolute Gasteiger partial charge is 0.332 e. The van der Waals surface area contributed by atoms with Crippen LogP contribution in [0.5, 0.6) is 0 Å². The van der Waals surface area contributed by atoms with Crippen LogP contribution in [-0.4, -0.2) is 28.4 Å². The van der Waals surface area contributed by atoms with Gasteiger partial charge >= 0.3 is 6.03 Å². The Morgan fingerprint density at radius 3 is 2.62 bits per heavy atom. The predicted octanol–water partition coefficient (Wildman–Crippen LogP) is 4.06. The van der Waals surface area contributed by atoms with E-state index in [1.54, 1.807) is 29.2 Å². The molecular formula is C20H16ClN3O2. The normalized spacial score (nSPS) is 22.1. The Balaban J connectivity index is 1.72. The molecule has 0 aliphatic carbocycles. The minimum absolute atomic E-state index is 0.275. The standard InChI is InChI=1S/C20H16ClN3O2/c1-20-17-13(12-6-2-4-8-15(12)22-17)10-11-23(20)19(26)24(18(20)25)16-9-5-3-7-14(16)21/h2-9,22H,10-11H2,1H3/t20-/m1/s1. The highest BCUT2D eigenvalue weighted by molar-refractivity contribution is 6.36. The lowest BCUT2D eigenvalue weighted by atomic mass is 9.87. The number of aromatic amines is 1. The van der Waals surface area contributed by atoms with E-state index in [2.05, 4.69) is 11.1 Å². The number of hydrogen-bond donors (Lipinski definition) is 1. The zero-order chi connectivity index (χ0) is 18.1. The molecule has 6 heteroatoms. The summed E-state index contributed by atoms with van der Waals surface area (Å²) in [6, 6.07) is 14.6. The summed E-state index contributed by atoms with van der Waals surface area (Å²) in [6.45, 7) is 2.31. The Hall–Kier alpha value is -2.79. The lowest BCUT2D eigenvalue weighted by Gasteiger charge is -2.35. The zero-order valence-electron chi connectivity index (χ0n) is 14.1. The number of hydrogen-bond acceptors (Lipinski definition) is 2. The number of benzene rings is 2. The van der Waals surface area contributed by atoms with Crippen LogP contribution in [0.1, 0.15) is 18.2 Å². The van der Waals surface area contributed by atoms with Gasteiger partial charge in [0.15, 0.2) is 5.54 Å². The van der Waals surface area contributed by atoms with Gasteiger partial charge in [-0.3, -0.25) is 4.79 Å². The van der Waals surface area contributed by atoms with E-state index in [-0.39, 0.29) is 11.9 Å². The van der Waals surface area contributed by atoms with Crippen LogP contribution < -0.4 is 4.90 Å². The lowest BCUT2D eigenvalue weighted by Crippen LogP contribution is -2.49. The summed E-state index contributed by atoms with van der Waals surface area (Å²) in [5.41, 5.74) is 2.27. The van der Waals surface area contributed by atoms with Crippen molar-refractivity contribution in [2.45, 2.75) is 18.9 Å². The number of aromatic nitrogens is 1. The number of para-hydroxylation sites is 2. The molecule has 1 saturated heterocycles. The van der Waals surface area contributed by atoms with Gasteiger partial charge in [-0.25, -0.2) is 9.69 Å². The van der Waals surface area contributed by atoms with E-state index >= 15 is 0 Å². The van der Waals surface area contributed by atoms with Gasteiger partial charge in [-0.1, -0.05) is 41.9 Å². The minimum atomic E-state index is -1.05. The first-order valence-corrected chi connectivity index (χ1v) is 8.92. The third-order valence-electron chi connectivity index (χ3n) is 5.56. The zero-order valence-corrected chi connectivity index (χ0v) is 14.9. The Kier molecular flexibility index (Phi) is 3.04. The van der Waals surface area contributed by atoms with Crippen molar-refractivity contribution in [1.82, 2.24) is 9.88 Å². The molecule has 2 aliphatic heterocycles. The van der Waals surface area contributed by atoms with Gasteiger partial charge in [0.2, 0.25) is 0 Å². The monoisotopic (exact) mass is 365 g/mol. The molecule has 1 N–H and O–H groups in total. The molecule has 5 rings (SSSR count). The molecule has 0 unspecified atom stereocenters. The van der Waals surface area contributed by atoms with Crippen LogP contribution in [0.3, 0.4) is 0 Å². The van der Waals surface area contributed by atoms with E-state index in [9.17, 15) is 9.59 Å². The Morgan fingerprint density at radius 2 is 1.81 bits per heavy atom. The van der Waals surface area contributed by atoms with Gasteiger partial charge in [-0.05, 0) is 37.1 Å². The molecule has 3 aromatic rings. The van der Waals surface area contributed by atoms with Crippen LogP contribution >= 0.6 is 11.6 Å². The topological polar surface area (TPSA) is 56.4 Å². The highest BCUT2D eigenvalue weighted by atomic mass is 35.5. The highest BCUT2D eigenvalue weighted by Gasteiger charge is 2.59. The number of fused-ring (bicyclic) bond motifs is 5. The van der Waals surface area contributed by atoms with Crippen LogP contribution in [0.2, 0.25) is 5.02 Å². The molecule has 2 aromatic carbocycles. The molecule has 3 amide bonds. The number of rotatable bonds is 1. The first-order valence-electron chi connectivity index (χ1n) is 8.54. The molecule has 3 heterocycles. The van der Waals surface area contributed by atoms with Crippen LogP contribution in [0, 0.1) is 0 Å². The number of nitrogens with one attached hydrogen (secondary N) is 1. The van der Waals surface area contributed by atoms with Crippen LogP contribution in [-0.2, 0) is 16.8 Å². The van der Waals surface area contributed by atoms with Crippen molar-refractivity contribution >= 4 is 40.1 Å². The summed E-state index contributed by atoms with van der Waals surface area (Å²) < 4.78 is 0. The summed E-state index contributed by atoms with van der Waals surface area (Å²) in [4.78, 5) is 32.8. The first-order chi connectivity index (χ1) is 12.5. The van der Waals surface area contributed by atoms with E-state index in [1.807, 2.05) is 25.1 Å². The average Bonchev–Trinajstić information content (AvgIpc) is 3.11. The highest BCUT2D eigenvalue weighted by Crippen LogP contribution is 2.46. The van der Waals surface area contributed by atoms with Gasteiger partial charge in [-0.2, -0.15) is 0 Å². The SMILES string of the molecule is C[C@@]12C(=O)N(c3ccccc3Cl)C(=O)N1CCc1c2[nH]c2ccccc12. The number of urea groups is 1. The third-order valence-corrected chi connectivity index (χ3v) is 5.88. The lowest BCUT2D eigenvalue weighted by molar-refractivity contribution is -0.125. The molecule has 130 valence electrons. The van der Waals surface area contributed by atoms with Crippen molar-refractivity contribution in [2.75, 3.05) is 11.4 Å². The van der Waals surface area contributed by atoms with E-state index in [0.29, 0.717) is 23.7 Å². The van der Waals surface area contributed by atoms with Gasteiger partial charge in [0.05, 0.1) is 16.4 Å². The van der Waals surface area contributed by atoms with Crippen molar-refractivity contribution in [3.05, 3.63) is 64.8 Å². The maximum atomic E-state index is 13.4.